The minimum atomic E-state index is -3.50. The van der Waals surface area contributed by atoms with Gasteiger partial charge in [0, 0.05) is 12.1 Å². The van der Waals surface area contributed by atoms with Crippen LogP contribution in [0.25, 0.3) is 0 Å². The number of sulfonamides is 1. The summed E-state index contributed by atoms with van der Waals surface area (Å²) in [5.74, 6) is -0.453. The first-order chi connectivity index (χ1) is 11.5. The van der Waals surface area contributed by atoms with Crippen molar-refractivity contribution in [1.29, 1.82) is 0 Å². The number of rotatable bonds is 5. The lowest BCUT2D eigenvalue weighted by Gasteiger charge is -2.33. The predicted octanol–water partition coefficient (Wildman–Crippen LogP) is 3.03. The normalized spacial score (nSPS) is 17.6. The molecule has 4 nitrogen and oxygen atoms in total. The summed E-state index contributed by atoms with van der Waals surface area (Å²) in [6.45, 7) is 0.216. The Balaban J connectivity index is 1.74. The third-order valence-corrected chi connectivity index (χ3v) is 6.12. The van der Waals surface area contributed by atoms with Gasteiger partial charge in [0.1, 0.15) is 5.82 Å². The van der Waals surface area contributed by atoms with Crippen LogP contribution >= 0.6 is 0 Å². The fourth-order valence-electron chi connectivity index (χ4n) is 3.04. The first-order valence-corrected chi connectivity index (χ1v) is 9.60. The summed E-state index contributed by atoms with van der Waals surface area (Å²) >= 11 is 0. The van der Waals surface area contributed by atoms with Crippen molar-refractivity contribution < 1.29 is 17.9 Å². The van der Waals surface area contributed by atoms with E-state index in [1.165, 1.54) is 22.5 Å². The first-order valence-electron chi connectivity index (χ1n) is 7.99. The molecule has 1 heterocycles. The number of anilines is 1. The summed E-state index contributed by atoms with van der Waals surface area (Å²) < 4.78 is 40.1. The molecule has 3 rings (SSSR count). The van der Waals surface area contributed by atoms with Crippen molar-refractivity contribution in [2.75, 3.05) is 16.6 Å². The van der Waals surface area contributed by atoms with Crippen molar-refractivity contribution in [3.8, 4) is 0 Å². The predicted molar refractivity (Wildman–Crippen MR) is 91.9 cm³/mol. The lowest BCUT2D eigenvalue weighted by atomic mass is 10.0. The first kappa shape index (κ1) is 16.9. The highest BCUT2D eigenvalue weighted by Crippen LogP contribution is 2.36. The van der Waals surface area contributed by atoms with E-state index in [1.807, 2.05) is 30.3 Å². The average molecular weight is 349 g/mol. The summed E-state index contributed by atoms with van der Waals surface area (Å²) in [6.07, 6.45) is 0.648. The number of halogens is 1. The van der Waals surface area contributed by atoms with Crippen LogP contribution in [0.2, 0.25) is 0 Å². The van der Waals surface area contributed by atoms with E-state index in [4.69, 9.17) is 0 Å². The lowest BCUT2D eigenvalue weighted by Crippen LogP contribution is -2.38. The van der Waals surface area contributed by atoms with Crippen molar-refractivity contribution in [3.63, 3.8) is 0 Å². The van der Waals surface area contributed by atoms with Crippen LogP contribution in [0.5, 0.6) is 0 Å². The quantitative estimate of drug-likeness (QED) is 0.903. The highest BCUT2D eigenvalue weighted by molar-refractivity contribution is 7.92. The molecule has 0 spiro atoms. The fraction of sp³-hybridized carbons (Fsp3) is 0.333. The Morgan fingerprint density at radius 3 is 2.67 bits per heavy atom. The number of aliphatic hydroxyl groups excluding tert-OH is 1. The molecule has 2 aromatic carbocycles. The number of nitrogens with zero attached hydrogens (tertiary/aromatic N) is 1. The van der Waals surface area contributed by atoms with Gasteiger partial charge in [-0.2, -0.15) is 0 Å². The van der Waals surface area contributed by atoms with Crippen LogP contribution in [0.4, 0.5) is 10.1 Å². The van der Waals surface area contributed by atoms with Crippen molar-refractivity contribution >= 4 is 15.7 Å². The van der Waals surface area contributed by atoms with Crippen LogP contribution in [0, 0.1) is 5.82 Å². The molecule has 1 aliphatic heterocycles. The molecule has 1 unspecified atom stereocenters. The zero-order valence-corrected chi connectivity index (χ0v) is 14.0. The Morgan fingerprint density at radius 2 is 1.92 bits per heavy atom. The molecule has 2 aromatic rings. The van der Waals surface area contributed by atoms with E-state index in [0.29, 0.717) is 24.1 Å². The Hall–Kier alpha value is -1.92. The van der Waals surface area contributed by atoms with E-state index in [-0.39, 0.29) is 18.7 Å². The van der Waals surface area contributed by atoms with Gasteiger partial charge in [0.2, 0.25) is 10.0 Å². The molecule has 0 saturated carbocycles. The van der Waals surface area contributed by atoms with Crippen LogP contribution in [0.3, 0.4) is 0 Å². The molecule has 0 saturated heterocycles. The third-order valence-electron chi connectivity index (χ3n) is 4.27. The molecular formula is C18H20FNO3S. The molecule has 1 N–H and O–H groups in total. The van der Waals surface area contributed by atoms with Crippen LogP contribution in [-0.4, -0.2) is 25.8 Å². The summed E-state index contributed by atoms with van der Waals surface area (Å²) in [4.78, 5) is 0. The second kappa shape index (κ2) is 6.91. The molecule has 6 heteroatoms. The SMILES string of the molecule is O=S(=O)(CCCc1ccccc1)N1CCC(O)c2cc(F)ccc21. The molecule has 0 fully saturated rings. The number of aryl methyl sites for hydroxylation is 1. The fourth-order valence-corrected chi connectivity index (χ4v) is 4.62. The molecule has 1 atom stereocenters. The van der Waals surface area contributed by atoms with E-state index in [9.17, 15) is 17.9 Å². The molecule has 0 amide bonds. The van der Waals surface area contributed by atoms with Gasteiger partial charge in [-0.25, -0.2) is 12.8 Å². The lowest BCUT2D eigenvalue weighted by molar-refractivity contribution is 0.166. The summed E-state index contributed by atoms with van der Waals surface area (Å²) in [6, 6.07) is 13.6. The average Bonchev–Trinajstić information content (AvgIpc) is 2.56. The van der Waals surface area contributed by atoms with Gasteiger partial charge in [-0.1, -0.05) is 30.3 Å². The van der Waals surface area contributed by atoms with Crippen LogP contribution in [0.1, 0.15) is 30.1 Å². The van der Waals surface area contributed by atoms with Crippen LogP contribution < -0.4 is 4.31 Å². The van der Waals surface area contributed by atoms with Gasteiger partial charge in [-0.3, -0.25) is 4.31 Å². The third kappa shape index (κ3) is 3.60. The van der Waals surface area contributed by atoms with E-state index >= 15 is 0 Å². The highest BCUT2D eigenvalue weighted by Gasteiger charge is 2.31. The molecule has 24 heavy (non-hydrogen) atoms. The summed E-state index contributed by atoms with van der Waals surface area (Å²) in [5.41, 5.74) is 1.83. The highest BCUT2D eigenvalue weighted by atomic mass is 32.2. The molecule has 0 aromatic heterocycles. The summed E-state index contributed by atoms with van der Waals surface area (Å²) in [5, 5.41) is 10.0. The maximum absolute atomic E-state index is 13.4. The molecule has 128 valence electrons. The van der Waals surface area contributed by atoms with Crippen molar-refractivity contribution in [1.82, 2.24) is 0 Å². The maximum atomic E-state index is 13.4. The largest absolute Gasteiger partial charge is 0.388 e. The molecule has 1 aliphatic rings. The minimum Gasteiger partial charge on any atom is -0.388 e. The molecule has 0 aliphatic carbocycles. The van der Waals surface area contributed by atoms with Gasteiger partial charge in [0.05, 0.1) is 17.5 Å². The molecule has 0 radical (unpaired) electrons. The second-order valence-corrected chi connectivity index (χ2v) is 8.00. The van der Waals surface area contributed by atoms with Gasteiger partial charge < -0.3 is 5.11 Å². The number of hydrogen-bond donors (Lipinski definition) is 1. The maximum Gasteiger partial charge on any atom is 0.235 e. The van der Waals surface area contributed by atoms with Crippen molar-refractivity contribution in [2.45, 2.75) is 25.4 Å². The van der Waals surface area contributed by atoms with Gasteiger partial charge in [0.15, 0.2) is 0 Å². The Labute approximate surface area is 141 Å². The smallest absolute Gasteiger partial charge is 0.235 e. The molecule has 0 bridgehead atoms. The van der Waals surface area contributed by atoms with Crippen molar-refractivity contribution in [2.24, 2.45) is 0 Å². The van der Waals surface area contributed by atoms with E-state index in [1.54, 1.807) is 0 Å². The van der Waals surface area contributed by atoms with E-state index < -0.39 is 21.9 Å². The Kier molecular flexibility index (Phi) is 4.87. The van der Waals surface area contributed by atoms with Gasteiger partial charge >= 0.3 is 0 Å². The number of fused-ring (bicyclic) bond motifs is 1. The Morgan fingerprint density at radius 1 is 1.17 bits per heavy atom. The molecular weight excluding hydrogens is 329 g/mol. The zero-order chi connectivity index (χ0) is 17.2. The Bertz CT molecular complexity index is 808. The second-order valence-electron chi connectivity index (χ2n) is 5.98. The van der Waals surface area contributed by atoms with Crippen molar-refractivity contribution in [3.05, 3.63) is 65.5 Å². The van der Waals surface area contributed by atoms with Crippen LogP contribution in [0.15, 0.2) is 48.5 Å². The topological polar surface area (TPSA) is 57.6 Å². The van der Waals surface area contributed by atoms with Gasteiger partial charge in [-0.05, 0) is 43.0 Å². The van der Waals surface area contributed by atoms with Gasteiger partial charge in [-0.15, -0.1) is 0 Å². The van der Waals surface area contributed by atoms with E-state index in [0.717, 1.165) is 5.56 Å². The summed E-state index contributed by atoms with van der Waals surface area (Å²) in [7, 11) is -3.50. The minimum absolute atomic E-state index is 0.0226. The zero-order valence-electron chi connectivity index (χ0n) is 13.2. The number of benzene rings is 2. The standard InChI is InChI=1S/C18H20FNO3S/c19-15-8-9-17-16(13-15)18(21)10-11-20(17)24(22,23)12-4-7-14-5-2-1-3-6-14/h1-3,5-6,8-9,13,18,21H,4,7,10-12H2. The number of hydrogen-bond acceptors (Lipinski definition) is 3. The van der Waals surface area contributed by atoms with Crippen LogP contribution in [-0.2, 0) is 16.4 Å². The van der Waals surface area contributed by atoms with Gasteiger partial charge in [0.25, 0.3) is 0 Å². The monoisotopic (exact) mass is 349 g/mol. The number of aliphatic hydroxyl groups is 1. The van der Waals surface area contributed by atoms with E-state index in [2.05, 4.69) is 0 Å².